The zero-order valence-electron chi connectivity index (χ0n) is 10.2. The van der Waals surface area contributed by atoms with Crippen LogP contribution in [0.1, 0.15) is 32.1 Å². The molecule has 1 fully saturated rings. The normalized spacial score (nSPS) is 17.5. The van der Waals surface area contributed by atoms with Crippen LogP contribution >= 0.6 is 0 Å². The van der Waals surface area contributed by atoms with Crippen molar-refractivity contribution in [1.29, 1.82) is 5.26 Å². The fourth-order valence-electron chi connectivity index (χ4n) is 2.24. The number of hydrogen-bond donors (Lipinski definition) is 1. The highest BCUT2D eigenvalue weighted by Crippen LogP contribution is 2.27. The summed E-state index contributed by atoms with van der Waals surface area (Å²) in [6, 6.07) is 11.1. The van der Waals surface area contributed by atoms with Crippen molar-refractivity contribution in [1.82, 2.24) is 5.32 Å². The minimum Gasteiger partial charge on any atom is -0.410 e. The van der Waals surface area contributed by atoms with Crippen molar-refractivity contribution in [3.8, 4) is 11.8 Å². The number of nitriles is 1. The van der Waals surface area contributed by atoms with Crippen LogP contribution < -0.4 is 10.1 Å². The summed E-state index contributed by atoms with van der Waals surface area (Å²) in [5.41, 5.74) is -0.746. The van der Waals surface area contributed by atoms with Crippen LogP contribution in [0, 0.1) is 11.3 Å². The fraction of sp³-hybridized carbons (Fsp3) is 0.429. The molecule has 1 N–H and O–H groups in total. The van der Waals surface area contributed by atoms with Gasteiger partial charge in [-0.25, -0.2) is 4.79 Å². The number of para-hydroxylation sites is 1. The third kappa shape index (κ3) is 3.01. The van der Waals surface area contributed by atoms with Gasteiger partial charge in [-0.05, 0) is 25.0 Å². The van der Waals surface area contributed by atoms with Crippen molar-refractivity contribution in [2.45, 2.75) is 37.6 Å². The highest BCUT2D eigenvalue weighted by molar-refractivity contribution is 5.71. The van der Waals surface area contributed by atoms with Gasteiger partial charge >= 0.3 is 6.09 Å². The molecule has 0 unspecified atom stereocenters. The van der Waals surface area contributed by atoms with E-state index in [9.17, 15) is 10.1 Å². The molecule has 0 heterocycles. The van der Waals surface area contributed by atoms with Crippen LogP contribution in [0.5, 0.6) is 5.75 Å². The Hall–Kier alpha value is -2.02. The second-order valence-electron chi connectivity index (χ2n) is 4.58. The maximum atomic E-state index is 11.8. The van der Waals surface area contributed by atoms with Gasteiger partial charge in [-0.15, -0.1) is 0 Å². The summed E-state index contributed by atoms with van der Waals surface area (Å²) in [4.78, 5) is 11.8. The predicted molar refractivity (Wildman–Crippen MR) is 67.0 cm³/mol. The molecule has 4 heteroatoms. The SMILES string of the molecule is N#CC1(NC(=O)Oc2ccccc2)CCCCC1. The Balaban J connectivity index is 1.96. The minimum absolute atomic E-state index is 0.485. The lowest BCUT2D eigenvalue weighted by Gasteiger charge is -2.30. The van der Waals surface area contributed by atoms with Crippen molar-refractivity contribution in [2.75, 3.05) is 0 Å². The van der Waals surface area contributed by atoms with E-state index in [1.165, 1.54) is 0 Å². The molecule has 94 valence electrons. The summed E-state index contributed by atoms with van der Waals surface area (Å²) in [6.45, 7) is 0. The molecule has 1 aliphatic rings. The molecule has 0 aromatic heterocycles. The maximum absolute atomic E-state index is 11.8. The van der Waals surface area contributed by atoms with Crippen LogP contribution in [0.2, 0.25) is 0 Å². The molecular formula is C14H16N2O2. The van der Waals surface area contributed by atoms with E-state index in [1.54, 1.807) is 24.3 Å². The maximum Gasteiger partial charge on any atom is 0.413 e. The predicted octanol–water partition coefficient (Wildman–Crippen LogP) is 3.00. The summed E-state index contributed by atoms with van der Waals surface area (Å²) in [5.74, 6) is 0.485. The largest absolute Gasteiger partial charge is 0.413 e. The Morgan fingerprint density at radius 3 is 2.50 bits per heavy atom. The summed E-state index contributed by atoms with van der Waals surface area (Å²) in [5, 5.41) is 11.9. The molecule has 1 saturated carbocycles. The Labute approximate surface area is 107 Å². The molecule has 1 aliphatic carbocycles. The van der Waals surface area contributed by atoms with E-state index in [-0.39, 0.29) is 0 Å². The highest BCUT2D eigenvalue weighted by atomic mass is 16.6. The number of amides is 1. The van der Waals surface area contributed by atoms with Gasteiger partial charge in [0.2, 0.25) is 0 Å². The first-order valence-corrected chi connectivity index (χ1v) is 6.20. The first-order chi connectivity index (χ1) is 8.74. The summed E-state index contributed by atoms with van der Waals surface area (Å²) < 4.78 is 5.14. The molecule has 0 aliphatic heterocycles. The molecule has 0 bridgehead atoms. The lowest BCUT2D eigenvalue weighted by atomic mass is 9.83. The van der Waals surface area contributed by atoms with Gasteiger partial charge < -0.3 is 10.1 Å². The lowest BCUT2D eigenvalue weighted by Crippen LogP contribution is -2.49. The van der Waals surface area contributed by atoms with Gasteiger partial charge in [-0.2, -0.15) is 5.26 Å². The molecule has 0 atom stereocenters. The fourth-order valence-corrected chi connectivity index (χ4v) is 2.24. The van der Waals surface area contributed by atoms with Crippen LogP contribution in [0.3, 0.4) is 0 Å². The molecule has 0 saturated heterocycles. The van der Waals surface area contributed by atoms with Crippen LogP contribution in [-0.2, 0) is 0 Å². The van der Waals surface area contributed by atoms with Crippen molar-refractivity contribution in [3.05, 3.63) is 30.3 Å². The number of carbonyl (C=O) groups is 1. The lowest BCUT2D eigenvalue weighted by molar-refractivity contribution is 0.182. The van der Waals surface area contributed by atoms with E-state index in [0.717, 1.165) is 19.3 Å². The molecule has 0 radical (unpaired) electrons. The van der Waals surface area contributed by atoms with Gasteiger partial charge in [0.15, 0.2) is 0 Å². The van der Waals surface area contributed by atoms with Crippen molar-refractivity contribution in [3.63, 3.8) is 0 Å². The smallest absolute Gasteiger partial charge is 0.410 e. The number of hydrogen-bond acceptors (Lipinski definition) is 3. The molecule has 1 amide bonds. The van der Waals surface area contributed by atoms with Gasteiger partial charge in [0.25, 0.3) is 0 Å². The van der Waals surface area contributed by atoms with Gasteiger partial charge in [0, 0.05) is 0 Å². The quantitative estimate of drug-likeness (QED) is 0.869. The van der Waals surface area contributed by atoms with Crippen LogP contribution in [0.25, 0.3) is 0 Å². The molecule has 1 aromatic carbocycles. The molecule has 4 nitrogen and oxygen atoms in total. The van der Waals surface area contributed by atoms with Gasteiger partial charge in [-0.3, -0.25) is 0 Å². The van der Waals surface area contributed by atoms with E-state index in [2.05, 4.69) is 11.4 Å². The molecular weight excluding hydrogens is 228 g/mol. The van der Waals surface area contributed by atoms with Crippen LogP contribution in [0.15, 0.2) is 30.3 Å². The average Bonchev–Trinajstić information content (AvgIpc) is 2.41. The third-order valence-electron chi connectivity index (χ3n) is 3.22. The van der Waals surface area contributed by atoms with Crippen molar-refractivity contribution in [2.24, 2.45) is 0 Å². The number of nitrogens with zero attached hydrogens (tertiary/aromatic N) is 1. The van der Waals surface area contributed by atoms with Crippen LogP contribution in [-0.4, -0.2) is 11.6 Å². The third-order valence-corrected chi connectivity index (χ3v) is 3.22. The number of benzene rings is 1. The molecule has 18 heavy (non-hydrogen) atoms. The Morgan fingerprint density at radius 1 is 1.22 bits per heavy atom. The van der Waals surface area contributed by atoms with E-state index in [0.29, 0.717) is 18.6 Å². The number of carbonyl (C=O) groups excluding carboxylic acids is 1. The Kier molecular flexibility index (Phi) is 3.83. The second-order valence-corrected chi connectivity index (χ2v) is 4.58. The monoisotopic (exact) mass is 244 g/mol. The zero-order valence-corrected chi connectivity index (χ0v) is 10.2. The highest BCUT2D eigenvalue weighted by Gasteiger charge is 2.34. The minimum atomic E-state index is -0.746. The van der Waals surface area contributed by atoms with E-state index in [1.807, 2.05) is 6.07 Å². The first kappa shape index (κ1) is 12.4. The van der Waals surface area contributed by atoms with Crippen molar-refractivity contribution < 1.29 is 9.53 Å². The van der Waals surface area contributed by atoms with Crippen molar-refractivity contribution >= 4 is 6.09 Å². The molecule has 1 aromatic rings. The number of rotatable bonds is 2. The summed E-state index contributed by atoms with van der Waals surface area (Å²) >= 11 is 0. The van der Waals surface area contributed by atoms with Gasteiger partial charge in [0.05, 0.1) is 6.07 Å². The standard InChI is InChI=1S/C14H16N2O2/c15-11-14(9-5-2-6-10-14)16-13(17)18-12-7-3-1-4-8-12/h1,3-4,7-8H,2,5-6,9-10H2,(H,16,17). The summed E-state index contributed by atoms with van der Waals surface area (Å²) in [6.07, 6.45) is 3.92. The van der Waals surface area contributed by atoms with Crippen LogP contribution in [0.4, 0.5) is 4.79 Å². The topological polar surface area (TPSA) is 62.1 Å². The van der Waals surface area contributed by atoms with E-state index in [4.69, 9.17) is 4.74 Å². The first-order valence-electron chi connectivity index (χ1n) is 6.20. The Bertz CT molecular complexity index is 445. The van der Waals surface area contributed by atoms with Gasteiger partial charge in [0.1, 0.15) is 11.3 Å². The zero-order chi connectivity index (χ0) is 12.8. The number of ether oxygens (including phenoxy) is 1. The van der Waals surface area contributed by atoms with Gasteiger partial charge in [-0.1, -0.05) is 37.5 Å². The second kappa shape index (κ2) is 5.54. The molecule has 2 rings (SSSR count). The Morgan fingerprint density at radius 2 is 1.89 bits per heavy atom. The van der Waals surface area contributed by atoms with E-state index < -0.39 is 11.6 Å². The van der Waals surface area contributed by atoms with E-state index >= 15 is 0 Å². The number of nitrogens with one attached hydrogen (secondary N) is 1. The average molecular weight is 244 g/mol. The summed E-state index contributed by atoms with van der Waals surface area (Å²) in [7, 11) is 0. The molecule has 0 spiro atoms.